The number of allylic oxidation sites excluding steroid dienone is 1. The van der Waals surface area contributed by atoms with Crippen LogP contribution in [0.15, 0.2) is 12.2 Å². The fourth-order valence-corrected chi connectivity index (χ4v) is 5.40. The lowest BCUT2D eigenvalue weighted by Crippen LogP contribution is -2.69. The minimum Gasteiger partial charge on any atom is -0.347 e. The van der Waals surface area contributed by atoms with Gasteiger partial charge in [-0.25, -0.2) is 0 Å². The molecular formula is C22H35N4O3S+. The van der Waals surface area contributed by atoms with Crippen molar-refractivity contribution in [2.75, 3.05) is 6.54 Å². The summed E-state index contributed by atoms with van der Waals surface area (Å²) >= 11 is 1.48. The van der Waals surface area contributed by atoms with Crippen LogP contribution in [0.1, 0.15) is 71.1 Å². The SMILES string of the molecule is CC1(SNC(=O)[C@@]23C[C@H]2/C=C\CCCCC[C@H]([NH3+])C(=O)N2CCC[C@H]2C(=O)N3)CC1. The molecule has 0 unspecified atom stereocenters. The zero-order valence-electron chi connectivity index (χ0n) is 18.0. The van der Waals surface area contributed by atoms with Crippen molar-refractivity contribution in [3.8, 4) is 0 Å². The van der Waals surface area contributed by atoms with E-state index in [-0.39, 0.29) is 34.4 Å². The van der Waals surface area contributed by atoms with Crippen molar-refractivity contribution in [2.45, 2.75) is 93.5 Å². The third-order valence-electron chi connectivity index (χ3n) is 7.09. The average molecular weight is 436 g/mol. The molecule has 2 aliphatic carbocycles. The van der Waals surface area contributed by atoms with Crippen molar-refractivity contribution in [3.05, 3.63) is 12.2 Å². The number of amides is 3. The number of nitrogens with zero attached hydrogens (tertiary/aromatic N) is 1. The third-order valence-corrected chi connectivity index (χ3v) is 8.28. The molecule has 0 aromatic heterocycles. The molecule has 2 saturated carbocycles. The number of carbonyl (C=O) groups excluding carboxylic acids is 3. The topological polar surface area (TPSA) is 106 Å². The Morgan fingerprint density at radius 1 is 1.23 bits per heavy atom. The summed E-state index contributed by atoms with van der Waals surface area (Å²) in [4.78, 5) is 40.9. The predicted molar refractivity (Wildman–Crippen MR) is 116 cm³/mol. The molecule has 4 rings (SSSR count). The third kappa shape index (κ3) is 4.54. The van der Waals surface area contributed by atoms with Crippen LogP contribution in [0, 0.1) is 5.92 Å². The van der Waals surface area contributed by atoms with Crippen LogP contribution in [0.3, 0.4) is 0 Å². The van der Waals surface area contributed by atoms with Crippen LogP contribution < -0.4 is 15.8 Å². The summed E-state index contributed by atoms with van der Waals surface area (Å²) in [7, 11) is 0. The van der Waals surface area contributed by atoms with Crippen LogP contribution in [0.5, 0.6) is 0 Å². The van der Waals surface area contributed by atoms with E-state index in [1.54, 1.807) is 4.90 Å². The number of carbonyl (C=O) groups is 3. The van der Waals surface area contributed by atoms with Crippen molar-refractivity contribution < 1.29 is 20.1 Å². The summed E-state index contributed by atoms with van der Waals surface area (Å²) < 4.78 is 3.15. The lowest BCUT2D eigenvalue weighted by Gasteiger charge is -2.27. The highest BCUT2D eigenvalue weighted by Crippen LogP contribution is 2.49. The van der Waals surface area contributed by atoms with Gasteiger partial charge in [-0.05, 0) is 70.2 Å². The second-order valence-electron chi connectivity index (χ2n) is 9.71. The highest BCUT2D eigenvalue weighted by atomic mass is 32.2. The van der Waals surface area contributed by atoms with Gasteiger partial charge in [-0.1, -0.05) is 18.6 Å². The average Bonchev–Trinajstić information content (AvgIpc) is 3.56. The van der Waals surface area contributed by atoms with Crippen LogP contribution in [-0.4, -0.2) is 51.5 Å². The van der Waals surface area contributed by atoms with Crippen LogP contribution >= 0.6 is 11.9 Å². The van der Waals surface area contributed by atoms with E-state index in [4.69, 9.17) is 0 Å². The lowest BCUT2D eigenvalue weighted by molar-refractivity contribution is -0.407. The van der Waals surface area contributed by atoms with E-state index >= 15 is 0 Å². The van der Waals surface area contributed by atoms with Crippen molar-refractivity contribution in [1.29, 1.82) is 0 Å². The molecule has 1 saturated heterocycles. The molecule has 8 heteroatoms. The van der Waals surface area contributed by atoms with Gasteiger partial charge in [-0.2, -0.15) is 0 Å². The molecule has 4 atom stereocenters. The van der Waals surface area contributed by atoms with Crippen LogP contribution in [0.4, 0.5) is 0 Å². The van der Waals surface area contributed by atoms with Gasteiger partial charge in [0, 0.05) is 23.6 Å². The van der Waals surface area contributed by atoms with E-state index in [1.807, 2.05) is 0 Å². The maximum Gasteiger partial charge on any atom is 0.281 e. The van der Waals surface area contributed by atoms with Crippen molar-refractivity contribution >= 4 is 29.7 Å². The molecule has 5 N–H and O–H groups in total. The number of fused-ring (bicyclic) bond motifs is 2. The van der Waals surface area contributed by atoms with Crippen molar-refractivity contribution in [1.82, 2.24) is 14.9 Å². The zero-order chi connectivity index (χ0) is 21.4. The van der Waals surface area contributed by atoms with Gasteiger partial charge in [-0.3, -0.25) is 19.1 Å². The minimum absolute atomic E-state index is 0.0188. The van der Waals surface area contributed by atoms with Gasteiger partial charge in [-0.15, -0.1) is 0 Å². The number of nitrogens with one attached hydrogen (secondary N) is 2. The first kappa shape index (κ1) is 21.7. The second-order valence-corrected chi connectivity index (χ2v) is 11.1. The molecular weight excluding hydrogens is 400 g/mol. The molecule has 0 aromatic carbocycles. The van der Waals surface area contributed by atoms with Crippen molar-refractivity contribution in [3.63, 3.8) is 0 Å². The smallest absolute Gasteiger partial charge is 0.281 e. The number of rotatable bonds is 3. The quantitative estimate of drug-likeness (QED) is 0.459. The summed E-state index contributed by atoms with van der Waals surface area (Å²) in [5.74, 6) is -0.315. The Bertz CT molecular complexity index is 738. The van der Waals surface area contributed by atoms with Crippen LogP contribution in [0.2, 0.25) is 0 Å². The van der Waals surface area contributed by atoms with Gasteiger partial charge >= 0.3 is 0 Å². The molecule has 3 amide bonds. The van der Waals surface area contributed by atoms with Gasteiger partial charge in [0.2, 0.25) is 5.91 Å². The molecule has 3 fully saturated rings. The first-order valence-electron chi connectivity index (χ1n) is 11.5. The number of hydrogen-bond acceptors (Lipinski definition) is 4. The van der Waals surface area contributed by atoms with Crippen molar-refractivity contribution in [2.24, 2.45) is 5.92 Å². The molecule has 166 valence electrons. The first-order valence-corrected chi connectivity index (χ1v) is 12.3. The van der Waals surface area contributed by atoms with E-state index in [0.29, 0.717) is 19.4 Å². The van der Waals surface area contributed by atoms with E-state index in [9.17, 15) is 14.4 Å². The first-order chi connectivity index (χ1) is 14.3. The molecule has 30 heavy (non-hydrogen) atoms. The monoisotopic (exact) mass is 435 g/mol. The van der Waals surface area contributed by atoms with Gasteiger partial charge < -0.3 is 16.0 Å². The molecule has 2 aliphatic heterocycles. The molecule has 7 nitrogen and oxygen atoms in total. The van der Waals surface area contributed by atoms with Gasteiger partial charge in [0.15, 0.2) is 6.04 Å². The highest BCUT2D eigenvalue weighted by molar-refractivity contribution is 7.99. The molecule has 0 aromatic rings. The zero-order valence-corrected chi connectivity index (χ0v) is 18.8. The maximum atomic E-state index is 13.2. The molecule has 0 spiro atoms. The lowest BCUT2D eigenvalue weighted by atomic mass is 10.1. The fourth-order valence-electron chi connectivity index (χ4n) is 4.57. The van der Waals surface area contributed by atoms with Gasteiger partial charge in [0.05, 0.1) is 0 Å². The van der Waals surface area contributed by atoms with Gasteiger partial charge in [0.1, 0.15) is 11.6 Å². The Balaban J connectivity index is 1.51. The summed E-state index contributed by atoms with van der Waals surface area (Å²) in [5, 5.41) is 3.07. The summed E-state index contributed by atoms with van der Waals surface area (Å²) in [6.45, 7) is 2.74. The van der Waals surface area contributed by atoms with Crippen LogP contribution in [0.25, 0.3) is 0 Å². The molecule has 0 radical (unpaired) electrons. The van der Waals surface area contributed by atoms with E-state index in [0.717, 1.165) is 51.4 Å². The standard InChI is InChI=1S/C22H34N4O3S/c1-21(11-12-21)30-25-20(29)22-14-15(22)8-5-3-2-4-6-9-16(23)19(28)26-13-7-10-17(26)18(27)24-22/h5,8,15-17H,2-4,6-7,9-14,23H2,1H3,(H,24,27)(H,25,29)/p+1/b8-5-/t15-,16+,17+,22-/m1/s1. The minimum atomic E-state index is -0.882. The number of hydrogen-bond donors (Lipinski definition) is 3. The Kier molecular flexibility index (Phi) is 6.17. The Hall–Kier alpha value is -1.54. The normalized spacial score (nSPS) is 37.1. The predicted octanol–water partition coefficient (Wildman–Crippen LogP) is 1.30. The Labute approximate surface area is 183 Å². The molecule has 2 heterocycles. The Morgan fingerprint density at radius 2 is 2.03 bits per heavy atom. The van der Waals surface area contributed by atoms with E-state index in [1.165, 1.54) is 11.9 Å². The molecule has 0 bridgehead atoms. The van der Waals surface area contributed by atoms with E-state index in [2.05, 4.69) is 34.8 Å². The number of quaternary nitrogens is 1. The van der Waals surface area contributed by atoms with Gasteiger partial charge in [0.25, 0.3) is 11.8 Å². The van der Waals surface area contributed by atoms with E-state index < -0.39 is 11.6 Å². The summed E-state index contributed by atoms with van der Waals surface area (Å²) in [6.07, 6.45) is 13.4. The maximum absolute atomic E-state index is 13.2. The summed E-state index contributed by atoms with van der Waals surface area (Å²) in [5.41, 5.74) is 3.19. The largest absolute Gasteiger partial charge is 0.347 e. The molecule has 4 aliphatic rings. The van der Waals surface area contributed by atoms with Crippen LogP contribution in [-0.2, 0) is 14.4 Å². The fraction of sp³-hybridized carbons (Fsp3) is 0.773. The highest BCUT2D eigenvalue weighted by Gasteiger charge is 2.61. The second kappa shape index (κ2) is 8.54. The summed E-state index contributed by atoms with van der Waals surface area (Å²) in [6, 6.07) is -0.795. The Morgan fingerprint density at radius 3 is 2.80 bits per heavy atom.